The van der Waals surface area contributed by atoms with E-state index in [0.717, 1.165) is 33.8 Å². The molecule has 0 fully saturated rings. The van der Waals surface area contributed by atoms with Gasteiger partial charge in [-0.05, 0) is 35.0 Å². The SMILES string of the molecule is C/C(=N\N=C(c1ccccc1)c1ccccc1)c1cccc(-n2cnnn2)c1. The van der Waals surface area contributed by atoms with Gasteiger partial charge in [0.2, 0.25) is 0 Å². The molecule has 0 bridgehead atoms. The van der Waals surface area contributed by atoms with E-state index in [-0.39, 0.29) is 0 Å². The molecule has 136 valence electrons. The highest BCUT2D eigenvalue weighted by Crippen LogP contribution is 2.13. The average molecular weight is 366 g/mol. The van der Waals surface area contributed by atoms with Crippen LogP contribution in [-0.2, 0) is 0 Å². The Morgan fingerprint density at radius 3 is 2.00 bits per heavy atom. The third-order valence-electron chi connectivity index (χ3n) is 4.27. The number of hydrogen-bond acceptors (Lipinski definition) is 5. The van der Waals surface area contributed by atoms with Crippen molar-refractivity contribution in [2.75, 3.05) is 0 Å². The predicted molar refractivity (Wildman–Crippen MR) is 110 cm³/mol. The molecule has 0 spiro atoms. The highest BCUT2D eigenvalue weighted by Gasteiger charge is 2.07. The average Bonchev–Trinajstić information content (AvgIpc) is 3.30. The van der Waals surface area contributed by atoms with Crippen LogP contribution < -0.4 is 0 Å². The molecule has 0 N–H and O–H groups in total. The first kappa shape index (κ1) is 17.5. The van der Waals surface area contributed by atoms with Crippen molar-refractivity contribution >= 4 is 11.4 Å². The zero-order chi connectivity index (χ0) is 19.2. The van der Waals surface area contributed by atoms with Crippen LogP contribution in [0.25, 0.3) is 5.69 Å². The number of benzene rings is 3. The van der Waals surface area contributed by atoms with Crippen LogP contribution in [0.1, 0.15) is 23.6 Å². The van der Waals surface area contributed by atoms with Crippen LogP contribution >= 0.6 is 0 Å². The molecule has 1 aromatic heterocycles. The number of hydrogen-bond donors (Lipinski definition) is 0. The summed E-state index contributed by atoms with van der Waals surface area (Å²) in [6.07, 6.45) is 1.56. The molecule has 0 aliphatic rings. The molecule has 0 aliphatic heterocycles. The maximum atomic E-state index is 4.59. The molecule has 0 atom stereocenters. The second-order valence-electron chi connectivity index (χ2n) is 6.17. The van der Waals surface area contributed by atoms with Crippen LogP contribution in [0.5, 0.6) is 0 Å². The summed E-state index contributed by atoms with van der Waals surface area (Å²) in [5, 5.41) is 20.4. The third kappa shape index (κ3) is 3.91. The molecule has 4 aromatic rings. The highest BCUT2D eigenvalue weighted by atomic mass is 15.5. The Hall–Kier alpha value is -3.93. The summed E-state index contributed by atoms with van der Waals surface area (Å²) in [5.74, 6) is 0. The molecular formula is C22H18N6. The smallest absolute Gasteiger partial charge is 0.143 e. The summed E-state index contributed by atoms with van der Waals surface area (Å²) in [6, 6.07) is 28.0. The van der Waals surface area contributed by atoms with E-state index in [1.165, 1.54) is 0 Å². The lowest BCUT2D eigenvalue weighted by molar-refractivity contribution is 0.789. The molecule has 0 amide bonds. The van der Waals surface area contributed by atoms with Crippen LogP contribution in [0.4, 0.5) is 0 Å². The van der Waals surface area contributed by atoms with Crippen LogP contribution in [-0.4, -0.2) is 31.6 Å². The van der Waals surface area contributed by atoms with Crippen molar-refractivity contribution in [1.29, 1.82) is 0 Å². The largest absolute Gasteiger partial charge is 0.201 e. The third-order valence-corrected chi connectivity index (χ3v) is 4.27. The Balaban J connectivity index is 1.71. The Labute approximate surface area is 162 Å². The van der Waals surface area contributed by atoms with Crippen LogP contribution in [0, 0.1) is 0 Å². The topological polar surface area (TPSA) is 68.3 Å². The molecule has 6 heteroatoms. The summed E-state index contributed by atoms with van der Waals surface area (Å²) in [6.45, 7) is 1.94. The van der Waals surface area contributed by atoms with Gasteiger partial charge >= 0.3 is 0 Å². The fourth-order valence-corrected chi connectivity index (χ4v) is 2.81. The molecule has 0 radical (unpaired) electrons. The van der Waals surface area contributed by atoms with Crippen LogP contribution in [0.3, 0.4) is 0 Å². The normalized spacial score (nSPS) is 11.2. The summed E-state index contributed by atoms with van der Waals surface area (Å²) in [7, 11) is 0. The lowest BCUT2D eigenvalue weighted by atomic mass is 10.0. The predicted octanol–water partition coefficient (Wildman–Crippen LogP) is 3.92. The minimum Gasteiger partial charge on any atom is -0.201 e. The lowest BCUT2D eigenvalue weighted by Gasteiger charge is -2.06. The lowest BCUT2D eigenvalue weighted by Crippen LogP contribution is -2.04. The zero-order valence-electron chi connectivity index (χ0n) is 15.3. The van der Waals surface area contributed by atoms with E-state index in [2.05, 4.69) is 25.7 Å². The van der Waals surface area contributed by atoms with Gasteiger partial charge in [0, 0.05) is 11.1 Å². The second-order valence-corrected chi connectivity index (χ2v) is 6.17. The Morgan fingerprint density at radius 1 is 0.750 bits per heavy atom. The first-order chi connectivity index (χ1) is 13.8. The van der Waals surface area contributed by atoms with E-state index < -0.39 is 0 Å². The van der Waals surface area contributed by atoms with Crippen molar-refractivity contribution in [3.63, 3.8) is 0 Å². The monoisotopic (exact) mass is 366 g/mol. The summed E-state index contributed by atoms with van der Waals surface area (Å²) < 4.78 is 1.61. The number of rotatable bonds is 5. The fourth-order valence-electron chi connectivity index (χ4n) is 2.81. The summed E-state index contributed by atoms with van der Waals surface area (Å²) >= 11 is 0. The summed E-state index contributed by atoms with van der Waals surface area (Å²) in [5.41, 5.74) is 5.50. The van der Waals surface area contributed by atoms with Gasteiger partial charge in [-0.1, -0.05) is 72.8 Å². The molecule has 28 heavy (non-hydrogen) atoms. The highest BCUT2D eigenvalue weighted by molar-refractivity contribution is 6.13. The fraction of sp³-hybridized carbons (Fsp3) is 0.0455. The van der Waals surface area contributed by atoms with E-state index in [4.69, 9.17) is 0 Å². The maximum absolute atomic E-state index is 4.59. The van der Waals surface area contributed by atoms with Gasteiger partial charge in [0.1, 0.15) is 12.0 Å². The molecule has 1 heterocycles. The Bertz CT molecular complexity index is 1060. The van der Waals surface area contributed by atoms with Gasteiger partial charge in [0.15, 0.2) is 0 Å². The molecule has 0 aliphatic carbocycles. The van der Waals surface area contributed by atoms with Crippen molar-refractivity contribution in [3.05, 3.63) is 108 Å². The van der Waals surface area contributed by atoms with Crippen molar-refractivity contribution in [2.45, 2.75) is 6.92 Å². The minimum absolute atomic E-state index is 0.805. The van der Waals surface area contributed by atoms with Crippen LogP contribution in [0.15, 0.2) is 101 Å². The quantitative estimate of drug-likeness (QED) is 0.397. The van der Waals surface area contributed by atoms with Crippen molar-refractivity contribution < 1.29 is 0 Å². The second kappa shape index (κ2) is 8.18. The van der Waals surface area contributed by atoms with Gasteiger partial charge in [0.25, 0.3) is 0 Å². The number of aromatic nitrogens is 4. The molecule has 0 saturated carbocycles. The van der Waals surface area contributed by atoms with Gasteiger partial charge in [-0.25, -0.2) is 4.68 Å². The van der Waals surface area contributed by atoms with Crippen molar-refractivity contribution in [3.8, 4) is 5.69 Å². The van der Waals surface area contributed by atoms with Gasteiger partial charge < -0.3 is 0 Å². The van der Waals surface area contributed by atoms with Gasteiger partial charge in [-0.2, -0.15) is 5.10 Å². The van der Waals surface area contributed by atoms with Crippen LogP contribution in [0.2, 0.25) is 0 Å². The van der Waals surface area contributed by atoms with Gasteiger partial charge in [-0.15, -0.1) is 10.2 Å². The Morgan fingerprint density at radius 2 is 1.39 bits per heavy atom. The maximum Gasteiger partial charge on any atom is 0.143 e. The first-order valence-electron chi connectivity index (χ1n) is 8.88. The molecule has 0 saturated heterocycles. The Kier molecular flexibility index (Phi) is 5.11. The summed E-state index contributed by atoms with van der Waals surface area (Å²) in [4.78, 5) is 0. The molecular weight excluding hydrogens is 348 g/mol. The first-order valence-corrected chi connectivity index (χ1v) is 8.88. The zero-order valence-corrected chi connectivity index (χ0v) is 15.3. The molecule has 6 nitrogen and oxygen atoms in total. The molecule has 0 unspecified atom stereocenters. The van der Waals surface area contributed by atoms with Gasteiger partial charge in [-0.3, -0.25) is 0 Å². The van der Waals surface area contributed by atoms with Crippen molar-refractivity contribution in [2.24, 2.45) is 10.2 Å². The standard InChI is InChI=1S/C22H18N6/c1-17(20-13-8-14-21(15-20)28-16-23-26-27-28)24-25-22(18-9-4-2-5-10-18)19-11-6-3-7-12-19/h2-16H,1H3/b24-17+. The molecule has 4 rings (SSSR count). The van der Waals surface area contributed by atoms with E-state index in [1.807, 2.05) is 91.9 Å². The number of nitrogens with zero attached hydrogens (tertiary/aromatic N) is 6. The van der Waals surface area contributed by atoms with E-state index >= 15 is 0 Å². The van der Waals surface area contributed by atoms with E-state index in [0.29, 0.717) is 0 Å². The molecule has 3 aromatic carbocycles. The minimum atomic E-state index is 0.805. The number of tetrazole rings is 1. The van der Waals surface area contributed by atoms with Crippen molar-refractivity contribution in [1.82, 2.24) is 20.2 Å². The van der Waals surface area contributed by atoms with E-state index in [1.54, 1.807) is 11.0 Å². The van der Waals surface area contributed by atoms with E-state index in [9.17, 15) is 0 Å². The van der Waals surface area contributed by atoms with Gasteiger partial charge in [0.05, 0.1) is 11.4 Å².